The van der Waals surface area contributed by atoms with Crippen LogP contribution >= 0.6 is 11.6 Å². The number of nitrogens with one attached hydrogen (secondary N) is 2. The largest absolute Gasteiger partial charge is 0.390 e. The lowest BCUT2D eigenvalue weighted by Crippen LogP contribution is -2.16. The van der Waals surface area contributed by atoms with Gasteiger partial charge in [-0.15, -0.1) is 0 Å². The second-order valence-corrected chi connectivity index (χ2v) is 5.89. The van der Waals surface area contributed by atoms with E-state index >= 15 is 0 Å². The summed E-state index contributed by atoms with van der Waals surface area (Å²) in [5, 5.41) is 16.7. The van der Waals surface area contributed by atoms with Crippen LogP contribution in [0.25, 0.3) is 0 Å². The highest BCUT2D eigenvalue weighted by atomic mass is 35.5. The number of fused-ring (bicyclic) bond motifs is 1. The number of nitrogens with zero attached hydrogens (tertiary/aromatic N) is 1. The maximum atomic E-state index is 9.03. The second kappa shape index (κ2) is 7.09. The predicted octanol–water partition coefficient (Wildman–Crippen LogP) is 2.53. The Morgan fingerprint density at radius 3 is 2.82 bits per heavy atom. The van der Waals surface area contributed by atoms with Crippen molar-refractivity contribution < 1.29 is 5.11 Å². The van der Waals surface area contributed by atoms with Crippen molar-refractivity contribution in [2.24, 2.45) is 0 Å². The first-order valence-electron chi connectivity index (χ1n) is 7.57. The molecule has 3 N–H and O–H groups in total. The summed E-state index contributed by atoms with van der Waals surface area (Å²) in [6.07, 6.45) is 3.81. The molecule has 1 aromatic carbocycles. The lowest BCUT2D eigenvalue weighted by molar-refractivity contribution is 0.277. The molecule has 0 aliphatic carbocycles. The first-order valence-corrected chi connectivity index (χ1v) is 7.95. The molecule has 0 radical (unpaired) electrons. The third kappa shape index (κ3) is 3.40. The van der Waals surface area contributed by atoms with Crippen molar-refractivity contribution in [3.05, 3.63) is 57.9 Å². The zero-order valence-corrected chi connectivity index (χ0v) is 13.2. The molecular formula is C17H20ClN3O. The van der Waals surface area contributed by atoms with E-state index in [1.165, 1.54) is 11.1 Å². The van der Waals surface area contributed by atoms with E-state index in [9.17, 15) is 0 Å². The third-order valence-corrected chi connectivity index (χ3v) is 4.31. The number of rotatable bonds is 4. The Morgan fingerprint density at radius 2 is 2.05 bits per heavy atom. The Labute approximate surface area is 135 Å². The number of halogens is 1. The Morgan fingerprint density at radius 1 is 1.18 bits per heavy atom. The van der Waals surface area contributed by atoms with Crippen LogP contribution in [-0.4, -0.2) is 23.2 Å². The molecule has 0 spiro atoms. The molecule has 0 saturated heterocycles. The number of hydrogen-bond donors (Lipinski definition) is 3. The highest BCUT2D eigenvalue weighted by Gasteiger charge is 2.14. The molecule has 116 valence electrons. The molecule has 2 heterocycles. The highest BCUT2D eigenvalue weighted by molar-refractivity contribution is 6.33. The smallest absolute Gasteiger partial charge is 0.0852 e. The summed E-state index contributed by atoms with van der Waals surface area (Å²) in [6.45, 7) is 2.64. The summed E-state index contributed by atoms with van der Waals surface area (Å²) in [6, 6.07) is 7.92. The van der Waals surface area contributed by atoms with Crippen LogP contribution in [-0.2, 0) is 26.0 Å². The Kier molecular flexibility index (Phi) is 4.93. The number of anilines is 1. The normalized spacial score (nSPS) is 14.3. The van der Waals surface area contributed by atoms with Crippen LogP contribution in [0.2, 0.25) is 5.02 Å². The summed E-state index contributed by atoms with van der Waals surface area (Å²) in [5.74, 6) is 0. The minimum atomic E-state index is -0.0290. The van der Waals surface area contributed by atoms with Gasteiger partial charge in [0.1, 0.15) is 0 Å². The van der Waals surface area contributed by atoms with Gasteiger partial charge in [-0.3, -0.25) is 4.98 Å². The van der Waals surface area contributed by atoms with Gasteiger partial charge in [-0.1, -0.05) is 23.7 Å². The highest BCUT2D eigenvalue weighted by Crippen LogP contribution is 2.31. The van der Waals surface area contributed by atoms with Crippen molar-refractivity contribution in [2.45, 2.75) is 26.0 Å². The van der Waals surface area contributed by atoms with Gasteiger partial charge in [-0.05, 0) is 54.8 Å². The average molecular weight is 318 g/mol. The van der Waals surface area contributed by atoms with Crippen molar-refractivity contribution in [2.75, 3.05) is 18.4 Å². The van der Waals surface area contributed by atoms with E-state index in [1.54, 1.807) is 6.20 Å². The standard InChI is InChI=1S/C17H20ClN3O/c18-16-4-2-13-5-7-19-8-6-15(13)17(16)21-10-12-1-3-14(11-22)20-9-12/h1-4,9,19,21-22H,5-8,10-11H2. The molecule has 1 aliphatic heterocycles. The summed E-state index contributed by atoms with van der Waals surface area (Å²) < 4.78 is 0. The van der Waals surface area contributed by atoms with Gasteiger partial charge in [0.25, 0.3) is 0 Å². The third-order valence-electron chi connectivity index (χ3n) is 4.00. The number of aromatic nitrogens is 1. The number of hydrogen-bond acceptors (Lipinski definition) is 4. The number of pyridine rings is 1. The van der Waals surface area contributed by atoms with Gasteiger partial charge in [0, 0.05) is 12.7 Å². The maximum Gasteiger partial charge on any atom is 0.0852 e. The molecule has 0 fully saturated rings. The molecule has 3 rings (SSSR count). The van der Waals surface area contributed by atoms with E-state index in [2.05, 4.69) is 21.7 Å². The van der Waals surface area contributed by atoms with Crippen molar-refractivity contribution in [3.8, 4) is 0 Å². The van der Waals surface area contributed by atoms with Crippen molar-refractivity contribution in [1.29, 1.82) is 0 Å². The maximum absolute atomic E-state index is 9.03. The van der Waals surface area contributed by atoms with Gasteiger partial charge in [0.05, 0.1) is 23.0 Å². The molecule has 1 aromatic heterocycles. The fourth-order valence-electron chi connectivity index (χ4n) is 2.78. The van der Waals surface area contributed by atoms with E-state index in [0.717, 1.165) is 42.2 Å². The van der Waals surface area contributed by atoms with Gasteiger partial charge < -0.3 is 15.7 Å². The van der Waals surface area contributed by atoms with Crippen molar-refractivity contribution >= 4 is 17.3 Å². The molecule has 0 unspecified atom stereocenters. The Balaban J connectivity index is 1.79. The van der Waals surface area contributed by atoms with E-state index in [-0.39, 0.29) is 6.61 Å². The molecule has 5 heteroatoms. The topological polar surface area (TPSA) is 57.2 Å². The Bertz CT molecular complexity index is 643. The van der Waals surface area contributed by atoms with E-state index < -0.39 is 0 Å². The number of aliphatic hydroxyl groups excluding tert-OH is 1. The number of aliphatic hydroxyl groups is 1. The van der Waals surface area contributed by atoms with E-state index in [4.69, 9.17) is 16.7 Å². The minimum Gasteiger partial charge on any atom is -0.390 e. The van der Waals surface area contributed by atoms with Crippen LogP contribution in [0.15, 0.2) is 30.5 Å². The van der Waals surface area contributed by atoms with E-state index in [1.807, 2.05) is 18.2 Å². The molecule has 0 saturated carbocycles. The second-order valence-electron chi connectivity index (χ2n) is 5.48. The zero-order chi connectivity index (χ0) is 15.4. The fraction of sp³-hybridized carbons (Fsp3) is 0.353. The molecule has 4 nitrogen and oxygen atoms in total. The van der Waals surface area contributed by atoms with Crippen LogP contribution in [0.3, 0.4) is 0 Å². The van der Waals surface area contributed by atoms with Gasteiger partial charge in [-0.2, -0.15) is 0 Å². The summed E-state index contributed by atoms with van der Waals surface area (Å²) in [5.41, 5.74) is 5.47. The minimum absolute atomic E-state index is 0.0290. The average Bonchev–Trinajstić information content (AvgIpc) is 2.80. The van der Waals surface area contributed by atoms with E-state index in [0.29, 0.717) is 12.2 Å². The van der Waals surface area contributed by atoms with Crippen LogP contribution in [0, 0.1) is 0 Å². The molecule has 2 aromatic rings. The lowest BCUT2D eigenvalue weighted by Gasteiger charge is -2.16. The zero-order valence-electron chi connectivity index (χ0n) is 12.4. The molecule has 0 atom stereocenters. The fourth-order valence-corrected chi connectivity index (χ4v) is 3.02. The van der Waals surface area contributed by atoms with Gasteiger partial charge in [-0.25, -0.2) is 0 Å². The quantitative estimate of drug-likeness (QED) is 0.811. The molecule has 0 bridgehead atoms. The van der Waals surface area contributed by atoms with Gasteiger partial charge in [0.15, 0.2) is 0 Å². The SMILES string of the molecule is OCc1ccc(CNc2c(Cl)ccc3c2CCNCC3)cn1. The summed E-state index contributed by atoms with van der Waals surface area (Å²) in [7, 11) is 0. The predicted molar refractivity (Wildman–Crippen MR) is 89.2 cm³/mol. The van der Waals surface area contributed by atoms with Crippen molar-refractivity contribution in [3.63, 3.8) is 0 Å². The molecule has 1 aliphatic rings. The van der Waals surface area contributed by atoms with Gasteiger partial charge in [0.2, 0.25) is 0 Å². The number of benzene rings is 1. The van der Waals surface area contributed by atoms with Crippen LogP contribution in [0.5, 0.6) is 0 Å². The monoisotopic (exact) mass is 317 g/mol. The van der Waals surface area contributed by atoms with Crippen LogP contribution < -0.4 is 10.6 Å². The molecule has 0 amide bonds. The van der Waals surface area contributed by atoms with Gasteiger partial charge >= 0.3 is 0 Å². The van der Waals surface area contributed by atoms with Crippen LogP contribution in [0.4, 0.5) is 5.69 Å². The van der Waals surface area contributed by atoms with Crippen LogP contribution in [0.1, 0.15) is 22.4 Å². The lowest BCUT2D eigenvalue weighted by atomic mass is 10.0. The first kappa shape index (κ1) is 15.3. The first-order chi connectivity index (χ1) is 10.8. The van der Waals surface area contributed by atoms with Crippen molar-refractivity contribution in [1.82, 2.24) is 10.3 Å². The Hall–Kier alpha value is -1.62. The summed E-state index contributed by atoms with van der Waals surface area (Å²) in [4.78, 5) is 4.20. The molecular weight excluding hydrogens is 298 g/mol. The molecule has 22 heavy (non-hydrogen) atoms. The summed E-state index contributed by atoms with van der Waals surface area (Å²) >= 11 is 6.40.